The number of esters is 1. The van der Waals surface area contributed by atoms with Crippen molar-refractivity contribution >= 4 is 29.2 Å². The fourth-order valence-electron chi connectivity index (χ4n) is 4.16. The number of allylic oxidation sites excluding steroid dienone is 2. The number of aromatic nitrogens is 1. The molecule has 0 fully saturated rings. The number of cyclic esters (lactones) is 1. The first-order chi connectivity index (χ1) is 15.4. The SMILES string of the molecule is CC1=CCC(C(C)=Cc2csc(C)n2)OC(=O)C=CC(C)(C)C(=O)C(C)C(O)C(C)CCC1. The molecule has 4 atom stereocenters. The van der Waals surface area contributed by atoms with Crippen molar-refractivity contribution in [3.05, 3.63) is 45.5 Å². The minimum absolute atomic E-state index is 0.0221. The number of aryl methyl sites for hydroxylation is 1. The van der Waals surface area contributed by atoms with Gasteiger partial charge in [0.05, 0.1) is 16.8 Å². The number of thiazole rings is 1. The minimum Gasteiger partial charge on any atom is -0.454 e. The number of carbonyl (C=O) groups excluding carboxylic acids is 2. The molecule has 1 aliphatic heterocycles. The highest BCUT2D eigenvalue weighted by Crippen LogP contribution is 2.29. The lowest BCUT2D eigenvalue weighted by Gasteiger charge is -2.29. The Morgan fingerprint density at radius 3 is 2.61 bits per heavy atom. The van der Waals surface area contributed by atoms with Crippen LogP contribution in [0.5, 0.6) is 0 Å². The first-order valence-electron chi connectivity index (χ1n) is 11.8. The lowest BCUT2D eigenvalue weighted by atomic mass is 9.76. The maximum atomic E-state index is 13.1. The van der Waals surface area contributed by atoms with Crippen LogP contribution in [-0.4, -0.2) is 34.1 Å². The molecule has 5 nitrogen and oxygen atoms in total. The summed E-state index contributed by atoms with van der Waals surface area (Å²) < 4.78 is 5.81. The monoisotopic (exact) mass is 473 g/mol. The van der Waals surface area contributed by atoms with Gasteiger partial charge in [0.25, 0.3) is 0 Å². The van der Waals surface area contributed by atoms with Crippen LogP contribution >= 0.6 is 11.3 Å². The molecule has 1 aromatic rings. The number of nitrogens with zero attached hydrogens (tertiary/aromatic N) is 1. The maximum absolute atomic E-state index is 13.1. The fraction of sp³-hybridized carbons (Fsp3) is 0.593. The van der Waals surface area contributed by atoms with Crippen LogP contribution in [0.1, 0.15) is 77.9 Å². The predicted octanol–water partition coefficient (Wildman–Crippen LogP) is 6.07. The Morgan fingerprint density at radius 2 is 1.97 bits per heavy atom. The van der Waals surface area contributed by atoms with Crippen LogP contribution in [0.15, 0.2) is 34.8 Å². The standard InChI is InChI=1S/C27H39NO4S/c1-17-9-8-10-18(2)25(30)20(4)26(31)27(6,7)14-13-24(29)32-23(12-11-17)19(3)15-22-16-33-21(5)28-22/h11,13-16,18,20,23,25,30H,8-10,12H2,1-7H3. The molecule has 0 radical (unpaired) electrons. The minimum atomic E-state index is -0.884. The number of aliphatic hydroxyl groups is 1. The van der Waals surface area contributed by atoms with E-state index in [0.29, 0.717) is 6.42 Å². The van der Waals surface area contributed by atoms with Gasteiger partial charge >= 0.3 is 5.97 Å². The molecule has 0 amide bonds. The average Bonchev–Trinajstić information content (AvgIpc) is 3.17. The molecule has 0 spiro atoms. The van der Waals surface area contributed by atoms with Crippen LogP contribution in [-0.2, 0) is 14.3 Å². The van der Waals surface area contributed by atoms with E-state index in [1.54, 1.807) is 38.2 Å². The van der Waals surface area contributed by atoms with Crippen LogP contribution < -0.4 is 0 Å². The third-order valence-corrected chi connectivity index (χ3v) is 7.26. The lowest BCUT2D eigenvalue weighted by Crippen LogP contribution is -2.38. The van der Waals surface area contributed by atoms with Gasteiger partial charge in [0.2, 0.25) is 0 Å². The average molecular weight is 474 g/mol. The van der Waals surface area contributed by atoms with Crippen LogP contribution in [0.25, 0.3) is 6.08 Å². The van der Waals surface area contributed by atoms with Gasteiger partial charge in [-0.1, -0.05) is 31.6 Å². The largest absolute Gasteiger partial charge is 0.454 e. The number of ether oxygens (including phenoxy) is 1. The molecule has 0 saturated carbocycles. The third-order valence-electron chi connectivity index (χ3n) is 6.47. The molecule has 2 heterocycles. The van der Waals surface area contributed by atoms with Crippen LogP contribution in [0, 0.1) is 24.2 Å². The van der Waals surface area contributed by atoms with Crippen LogP contribution in [0.2, 0.25) is 0 Å². The van der Waals surface area contributed by atoms with Gasteiger partial charge in [-0.2, -0.15) is 0 Å². The number of carbonyl (C=O) groups is 2. The van der Waals surface area contributed by atoms with E-state index in [1.807, 2.05) is 32.2 Å². The second-order valence-corrected chi connectivity index (χ2v) is 11.0. The van der Waals surface area contributed by atoms with Gasteiger partial charge in [-0.25, -0.2) is 9.78 Å². The molecule has 2 rings (SSSR count). The number of aliphatic hydroxyl groups excluding tert-OH is 1. The van der Waals surface area contributed by atoms with E-state index in [9.17, 15) is 14.7 Å². The summed E-state index contributed by atoms with van der Waals surface area (Å²) in [7, 11) is 0. The molecule has 0 aliphatic carbocycles. The predicted molar refractivity (Wildman–Crippen MR) is 135 cm³/mol. The molecule has 1 aliphatic rings. The van der Waals surface area contributed by atoms with Crippen molar-refractivity contribution in [1.29, 1.82) is 0 Å². The van der Waals surface area contributed by atoms with E-state index < -0.39 is 29.5 Å². The molecule has 6 heteroatoms. The summed E-state index contributed by atoms with van der Waals surface area (Å²) in [6, 6.07) is 0. The highest BCUT2D eigenvalue weighted by Gasteiger charge is 2.35. The zero-order valence-electron chi connectivity index (χ0n) is 21.1. The Labute approximate surface area is 202 Å². The van der Waals surface area contributed by atoms with Crippen molar-refractivity contribution < 1.29 is 19.4 Å². The highest BCUT2D eigenvalue weighted by atomic mass is 32.1. The summed E-state index contributed by atoms with van der Waals surface area (Å²) >= 11 is 1.58. The molecule has 0 bridgehead atoms. The van der Waals surface area contributed by atoms with Gasteiger partial charge in [0.1, 0.15) is 11.9 Å². The zero-order valence-corrected chi connectivity index (χ0v) is 21.9. The number of Topliss-reactive ketones (excluding diaryl/α,β-unsaturated/α-hetero) is 1. The topological polar surface area (TPSA) is 76.5 Å². The Kier molecular flexibility index (Phi) is 9.80. The smallest absolute Gasteiger partial charge is 0.331 e. The van der Waals surface area contributed by atoms with Gasteiger partial charge in [0.15, 0.2) is 0 Å². The molecule has 4 unspecified atom stereocenters. The van der Waals surface area contributed by atoms with Gasteiger partial charge in [-0.15, -0.1) is 11.3 Å². The quantitative estimate of drug-likeness (QED) is 0.417. The first kappa shape index (κ1) is 27.2. The van der Waals surface area contributed by atoms with E-state index in [2.05, 4.69) is 18.0 Å². The van der Waals surface area contributed by atoms with Gasteiger partial charge in [0, 0.05) is 29.2 Å². The summed E-state index contributed by atoms with van der Waals surface area (Å²) in [5.74, 6) is -1.06. The van der Waals surface area contributed by atoms with Crippen molar-refractivity contribution in [2.45, 2.75) is 86.4 Å². The van der Waals surface area contributed by atoms with E-state index >= 15 is 0 Å². The normalized spacial score (nSPS) is 28.4. The highest BCUT2D eigenvalue weighted by molar-refractivity contribution is 7.09. The Bertz CT molecular complexity index is 924. The summed E-state index contributed by atoms with van der Waals surface area (Å²) in [6.07, 6.45) is 9.18. The van der Waals surface area contributed by atoms with E-state index in [-0.39, 0.29) is 11.7 Å². The second-order valence-electron chi connectivity index (χ2n) is 9.96. The van der Waals surface area contributed by atoms with Crippen LogP contribution in [0.3, 0.4) is 0 Å². The number of rotatable bonds is 2. The van der Waals surface area contributed by atoms with Crippen LogP contribution in [0.4, 0.5) is 0 Å². The van der Waals surface area contributed by atoms with Gasteiger partial charge < -0.3 is 9.84 Å². The Hall–Kier alpha value is -2.05. The van der Waals surface area contributed by atoms with Crippen molar-refractivity contribution in [3.63, 3.8) is 0 Å². The van der Waals surface area contributed by atoms with Crippen molar-refractivity contribution in [2.24, 2.45) is 17.3 Å². The number of ketones is 1. The third kappa shape index (κ3) is 8.04. The summed E-state index contributed by atoms with van der Waals surface area (Å²) in [6.45, 7) is 13.3. The van der Waals surface area contributed by atoms with Crippen molar-refractivity contribution in [1.82, 2.24) is 4.98 Å². The molecule has 0 saturated heterocycles. The second kappa shape index (κ2) is 11.9. The molecule has 1 N–H and O–H groups in total. The molecule has 1 aromatic heterocycles. The Morgan fingerprint density at radius 1 is 1.27 bits per heavy atom. The Balaban J connectivity index is 2.33. The lowest BCUT2D eigenvalue weighted by molar-refractivity contribution is -0.141. The molecular formula is C27H39NO4S. The van der Waals surface area contributed by atoms with E-state index in [1.165, 1.54) is 11.6 Å². The van der Waals surface area contributed by atoms with Gasteiger partial charge in [-0.3, -0.25) is 4.79 Å². The van der Waals surface area contributed by atoms with Crippen molar-refractivity contribution in [2.75, 3.05) is 0 Å². The molecular weight excluding hydrogens is 434 g/mol. The molecule has 182 valence electrons. The molecule has 0 aromatic carbocycles. The summed E-state index contributed by atoms with van der Waals surface area (Å²) in [5.41, 5.74) is 2.13. The first-order valence-corrected chi connectivity index (χ1v) is 12.7. The zero-order chi connectivity index (χ0) is 24.8. The van der Waals surface area contributed by atoms with E-state index in [0.717, 1.165) is 35.5 Å². The number of hydrogen-bond donors (Lipinski definition) is 1. The molecule has 33 heavy (non-hydrogen) atoms. The maximum Gasteiger partial charge on any atom is 0.331 e. The summed E-state index contributed by atoms with van der Waals surface area (Å²) in [5, 5.41) is 13.7. The van der Waals surface area contributed by atoms with Gasteiger partial charge in [-0.05, 0) is 71.4 Å². The summed E-state index contributed by atoms with van der Waals surface area (Å²) in [4.78, 5) is 30.2. The fourth-order valence-corrected chi connectivity index (χ4v) is 4.73. The number of hydrogen-bond acceptors (Lipinski definition) is 6. The van der Waals surface area contributed by atoms with Crippen molar-refractivity contribution in [3.8, 4) is 0 Å². The van der Waals surface area contributed by atoms with E-state index in [4.69, 9.17) is 4.74 Å².